The lowest BCUT2D eigenvalue weighted by Gasteiger charge is -2.41. The Balaban J connectivity index is 2.46. The summed E-state index contributed by atoms with van der Waals surface area (Å²) in [5.74, 6) is -5.66. The van der Waals surface area contributed by atoms with E-state index >= 15 is 0 Å². The summed E-state index contributed by atoms with van der Waals surface area (Å²) in [7, 11) is 0. The van der Waals surface area contributed by atoms with E-state index in [4.69, 9.17) is 0 Å². The Hall–Kier alpha value is -1.34. The van der Waals surface area contributed by atoms with Gasteiger partial charge in [0.15, 0.2) is 0 Å². The predicted octanol–water partition coefficient (Wildman–Crippen LogP) is -1.20. The van der Waals surface area contributed by atoms with Crippen LogP contribution in [0.3, 0.4) is 0 Å². The fraction of sp³-hybridized carbons (Fsp3) is 0.250. The van der Waals surface area contributed by atoms with E-state index in [1.807, 2.05) is 0 Å². The van der Waals surface area contributed by atoms with E-state index in [1.54, 1.807) is 24.3 Å². The van der Waals surface area contributed by atoms with Gasteiger partial charge in [0.05, 0.1) is 11.4 Å². The van der Waals surface area contributed by atoms with E-state index in [1.165, 1.54) is 0 Å². The van der Waals surface area contributed by atoms with Crippen LogP contribution in [0.2, 0.25) is 0 Å². The number of hydrogen-bond donors (Lipinski definition) is 6. The minimum Gasteiger partial charge on any atom is -0.343 e. The van der Waals surface area contributed by atoms with Crippen LogP contribution in [0.1, 0.15) is 0 Å². The molecule has 6 N–H and O–H groups in total. The highest BCUT2D eigenvalue weighted by molar-refractivity contribution is 5.72. The van der Waals surface area contributed by atoms with Crippen LogP contribution in [0.4, 0.5) is 11.4 Å². The van der Waals surface area contributed by atoms with Gasteiger partial charge in [-0.25, -0.2) is 0 Å². The van der Waals surface area contributed by atoms with Crippen LogP contribution in [0.25, 0.3) is 0 Å². The molecule has 1 aromatic rings. The second-order valence-corrected chi connectivity index (χ2v) is 3.14. The fourth-order valence-electron chi connectivity index (χ4n) is 1.25. The van der Waals surface area contributed by atoms with Crippen molar-refractivity contribution in [3.63, 3.8) is 0 Å². The third-order valence-electron chi connectivity index (χ3n) is 2.03. The van der Waals surface area contributed by atoms with Crippen LogP contribution in [-0.4, -0.2) is 32.2 Å². The first-order chi connectivity index (χ1) is 6.42. The molecule has 0 unspecified atom stereocenters. The molecular formula is C8H10N2O4. The van der Waals surface area contributed by atoms with E-state index in [0.717, 1.165) is 0 Å². The van der Waals surface area contributed by atoms with Crippen molar-refractivity contribution in [2.24, 2.45) is 0 Å². The molecular weight excluding hydrogens is 188 g/mol. The normalized spacial score (nSPS) is 21.7. The molecule has 0 fully saturated rings. The number of fused-ring (bicyclic) bond motifs is 1. The third-order valence-corrected chi connectivity index (χ3v) is 2.03. The Morgan fingerprint density at radius 3 is 1.50 bits per heavy atom. The lowest BCUT2D eigenvalue weighted by molar-refractivity contribution is -0.330. The van der Waals surface area contributed by atoms with Gasteiger partial charge in [-0.15, -0.1) is 0 Å². The Morgan fingerprint density at radius 1 is 0.786 bits per heavy atom. The monoisotopic (exact) mass is 198 g/mol. The van der Waals surface area contributed by atoms with Crippen LogP contribution < -0.4 is 10.6 Å². The first-order valence-electron chi connectivity index (χ1n) is 3.97. The quantitative estimate of drug-likeness (QED) is 0.293. The topological polar surface area (TPSA) is 105 Å². The second-order valence-electron chi connectivity index (χ2n) is 3.14. The van der Waals surface area contributed by atoms with Gasteiger partial charge in [0.1, 0.15) is 0 Å². The van der Waals surface area contributed by atoms with E-state index < -0.39 is 11.8 Å². The van der Waals surface area contributed by atoms with Gasteiger partial charge in [0.25, 0.3) is 0 Å². The summed E-state index contributed by atoms with van der Waals surface area (Å²) in [4.78, 5) is 0. The van der Waals surface area contributed by atoms with Gasteiger partial charge in [-0.2, -0.15) is 0 Å². The van der Waals surface area contributed by atoms with E-state index in [-0.39, 0.29) is 0 Å². The molecule has 76 valence electrons. The average molecular weight is 198 g/mol. The molecule has 6 heteroatoms. The Kier molecular flexibility index (Phi) is 1.70. The molecule has 0 atom stereocenters. The maximum atomic E-state index is 9.23. The maximum Gasteiger partial charge on any atom is 0.323 e. The molecule has 14 heavy (non-hydrogen) atoms. The lowest BCUT2D eigenvalue weighted by atomic mass is 10.1. The van der Waals surface area contributed by atoms with Crippen molar-refractivity contribution >= 4 is 11.4 Å². The molecule has 2 rings (SSSR count). The van der Waals surface area contributed by atoms with Crippen LogP contribution in [0, 0.1) is 0 Å². The highest BCUT2D eigenvalue weighted by Gasteiger charge is 2.51. The minimum absolute atomic E-state index is 0.372. The second kappa shape index (κ2) is 2.58. The number of rotatable bonds is 0. The molecule has 0 aliphatic carbocycles. The van der Waals surface area contributed by atoms with Gasteiger partial charge in [-0.3, -0.25) is 0 Å². The van der Waals surface area contributed by atoms with E-state index in [9.17, 15) is 20.4 Å². The zero-order chi connectivity index (χ0) is 10.4. The van der Waals surface area contributed by atoms with Crippen molar-refractivity contribution < 1.29 is 20.4 Å². The van der Waals surface area contributed by atoms with Crippen molar-refractivity contribution in [3.05, 3.63) is 24.3 Å². The molecule has 0 spiro atoms. The molecule has 1 aromatic carbocycles. The molecule has 1 aliphatic heterocycles. The summed E-state index contributed by atoms with van der Waals surface area (Å²) in [6.45, 7) is 0. The molecule has 0 bridgehead atoms. The first kappa shape index (κ1) is 9.22. The molecule has 1 heterocycles. The highest BCUT2D eigenvalue weighted by atomic mass is 16.6. The van der Waals surface area contributed by atoms with Crippen molar-refractivity contribution in [2.45, 2.75) is 11.8 Å². The third kappa shape index (κ3) is 1.21. The van der Waals surface area contributed by atoms with Crippen LogP contribution in [0.5, 0.6) is 0 Å². The standard InChI is InChI=1S/C8H10N2O4/c11-7(12)8(13,14)10-6-4-2-1-3-5(6)9-7/h1-4,9-14H. The lowest BCUT2D eigenvalue weighted by Crippen LogP contribution is -2.66. The number of aliphatic hydroxyl groups is 4. The van der Waals surface area contributed by atoms with Gasteiger partial charge < -0.3 is 31.1 Å². The number of para-hydroxylation sites is 2. The molecule has 1 aliphatic rings. The Labute approximate surface area is 79.4 Å². The smallest absolute Gasteiger partial charge is 0.323 e. The summed E-state index contributed by atoms with van der Waals surface area (Å²) in [6, 6.07) is 6.48. The molecule has 0 aromatic heterocycles. The summed E-state index contributed by atoms with van der Waals surface area (Å²) in [5, 5.41) is 41.3. The van der Waals surface area contributed by atoms with Crippen molar-refractivity contribution in [3.8, 4) is 0 Å². The van der Waals surface area contributed by atoms with E-state index in [2.05, 4.69) is 10.6 Å². The van der Waals surface area contributed by atoms with Crippen molar-refractivity contribution in [1.82, 2.24) is 0 Å². The number of hydrogen-bond acceptors (Lipinski definition) is 6. The molecule has 0 saturated carbocycles. The number of nitrogens with one attached hydrogen (secondary N) is 2. The number of benzene rings is 1. The van der Waals surface area contributed by atoms with Crippen LogP contribution in [-0.2, 0) is 0 Å². The summed E-state index contributed by atoms with van der Waals surface area (Å²) in [6.07, 6.45) is 0. The summed E-state index contributed by atoms with van der Waals surface area (Å²) < 4.78 is 0. The zero-order valence-electron chi connectivity index (χ0n) is 7.10. The number of anilines is 2. The Morgan fingerprint density at radius 2 is 1.14 bits per heavy atom. The fourth-order valence-corrected chi connectivity index (χ4v) is 1.25. The zero-order valence-corrected chi connectivity index (χ0v) is 7.10. The van der Waals surface area contributed by atoms with Gasteiger partial charge in [-0.05, 0) is 12.1 Å². The summed E-state index contributed by atoms with van der Waals surface area (Å²) >= 11 is 0. The molecule has 6 nitrogen and oxygen atoms in total. The average Bonchev–Trinajstić information content (AvgIpc) is 2.05. The van der Waals surface area contributed by atoms with Crippen molar-refractivity contribution in [2.75, 3.05) is 10.6 Å². The van der Waals surface area contributed by atoms with Crippen LogP contribution in [0.15, 0.2) is 24.3 Å². The first-order valence-corrected chi connectivity index (χ1v) is 3.97. The molecule has 0 radical (unpaired) electrons. The van der Waals surface area contributed by atoms with Gasteiger partial charge in [-0.1, -0.05) is 12.1 Å². The van der Waals surface area contributed by atoms with Gasteiger partial charge in [0, 0.05) is 0 Å². The van der Waals surface area contributed by atoms with Crippen molar-refractivity contribution in [1.29, 1.82) is 0 Å². The largest absolute Gasteiger partial charge is 0.343 e. The SMILES string of the molecule is OC1(O)Nc2ccccc2NC1(O)O. The molecule has 0 amide bonds. The Bertz CT molecular complexity index is 329. The van der Waals surface area contributed by atoms with Crippen LogP contribution >= 0.6 is 0 Å². The van der Waals surface area contributed by atoms with Gasteiger partial charge >= 0.3 is 11.8 Å². The summed E-state index contributed by atoms with van der Waals surface area (Å²) in [5.41, 5.74) is 0.743. The van der Waals surface area contributed by atoms with Gasteiger partial charge in [0.2, 0.25) is 0 Å². The maximum absolute atomic E-state index is 9.23. The predicted molar refractivity (Wildman–Crippen MR) is 48.0 cm³/mol. The minimum atomic E-state index is -2.83. The molecule has 0 saturated heterocycles. The van der Waals surface area contributed by atoms with E-state index in [0.29, 0.717) is 11.4 Å². The highest BCUT2D eigenvalue weighted by Crippen LogP contribution is 2.33.